The van der Waals surface area contributed by atoms with Gasteiger partial charge in [-0.15, -0.1) is 10.2 Å². The van der Waals surface area contributed by atoms with Gasteiger partial charge in [0.2, 0.25) is 16.0 Å². The van der Waals surface area contributed by atoms with Crippen LogP contribution in [0.2, 0.25) is 0 Å². The monoisotopic (exact) mass is 365 g/mol. The number of rotatable bonds is 4. The summed E-state index contributed by atoms with van der Waals surface area (Å²) >= 11 is 2.43. The number of aromatic nitrogens is 2. The molecule has 16 heavy (non-hydrogen) atoms. The van der Waals surface area contributed by atoms with Crippen molar-refractivity contribution < 1.29 is 18.0 Å². The van der Waals surface area contributed by atoms with Crippen LogP contribution < -0.4 is 5.32 Å². The largest absolute Gasteiger partial charge is 0.445 e. The molecule has 0 aliphatic carbocycles. The van der Waals surface area contributed by atoms with Crippen LogP contribution >= 0.6 is 33.9 Å². The van der Waals surface area contributed by atoms with Gasteiger partial charge in [0.15, 0.2) is 0 Å². The first-order chi connectivity index (χ1) is 7.43. The number of carbonyl (C=O) groups is 1. The van der Waals surface area contributed by atoms with Crippen LogP contribution in [-0.4, -0.2) is 20.5 Å². The van der Waals surface area contributed by atoms with Crippen molar-refractivity contribution >= 4 is 45.0 Å². The molecule has 0 atom stereocenters. The van der Waals surface area contributed by atoms with Crippen molar-refractivity contribution in [1.82, 2.24) is 10.2 Å². The van der Waals surface area contributed by atoms with Crippen molar-refractivity contribution in [2.75, 3.05) is 9.74 Å². The van der Waals surface area contributed by atoms with Gasteiger partial charge in [0.25, 0.3) is 0 Å². The Morgan fingerprint density at radius 2 is 2.12 bits per heavy atom. The Hall–Kier alpha value is -0.450. The Kier molecular flexibility index (Phi) is 4.89. The number of anilines is 1. The van der Waals surface area contributed by atoms with Crippen molar-refractivity contribution in [2.24, 2.45) is 0 Å². The molecule has 1 amide bonds. The molecule has 0 aromatic carbocycles. The molecule has 1 heterocycles. The second-order valence-electron chi connectivity index (χ2n) is 2.75. The first-order valence-corrected chi connectivity index (χ1v) is 6.54. The smallest absolute Gasteiger partial charge is 0.301 e. The van der Waals surface area contributed by atoms with Crippen molar-refractivity contribution in [3.8, 4) is 0 Å². The molecular weight excluding hydrogens is 358 g/mol. The number of carbonyl (C=O) groups excluding carboxylic acids is 1. The van der Waals surface area contributed by atoms with Gasteiger partial charge in [-0.3, -0.25) is 4.79 Å². The second-order valence-corrected chi connectivity index (χ2v) is 4.81. The van der Waals surface area contributed by atoms with Crippen LogP contribution in [0.5, 0.6) is 0 Å². The average molecular weight is 365 g/mol. The molecule has 9 heteroatoms. The van der Waals surface area contributed by atoms with Crippen LogP contribution in [0.1, 0.15) is 17.8 Å². The quantitative estimate of drug-likeness (QED) is 0.660. The average Bonchev–Trinajstić information content (AvgIpc) is 2.62. The number of alkyl halides is 4. The van der Waals surface area contributed by atoms with E-state index in [2.05, 4.69) is 38.1 Å². The van der Waals surface area contributed by atoms with Crippen molar-refractivity contribution in [1.29, 1.82) is 0 Å². The maximum absolute atomic E-state index is 12.1. The maximum atomic E-state index is 12.1. The normalized spacial score (nSPS) is 11.5. The van der Waals surface area contributed by atoms with E-state index in [1.165, 1.54) is 0 Å². The molecule has 0 radical (unpaired) electrons. The number of amides is 1. The van der Waals surface area contributed by atoms with Gasteiger partial charge in [-0.25, -0.2) is 0 Å². The highest BCUT2D eigenvalue weighted by Crippen LogP contribution is 2.32. The molecule has 1 N–H and O–H groups in total. The van der Waals surface area contributed by atoms with Crippen LogP contribution in [0, 0.1) is 0 Å². The Labute approximate surface area is 107 Å². The first kappa shape index (κ1) is 13.6. The lowest BCUT2D eigenvalue weighted by atomic mass is 10.3. The van der Waals surface area contributed by atoms with Gasteiger partial charge in [-0.2, -0.15) is 13.2 Å². The van der Waals surface area contributed by atoms with E-state index in [0.717, 1.165) is 4.43 Å². The van der Waals surface area contributed by atoms with E-state index < -0.39 is 11.2 Å². The zero-order valence-corrected chi connectivity index (χ0v) is 10.8. The fraction of sp³-hybridized carbons (Fsp3) is 0.571. The molecule has 0 saturated carbocycles. The molecular formula is C7H7F3IN3OS. The molecule has 0 bridgehead atoms. The predicted molar refractivity (Wildman–Crippen MR) is 61.7 cm³/mol. The molecule has 90 valence electrons. The molecule has 4 nitrogen and oxygen atoms in total. The summed E-state index contributed by atoms with van der Waals surface area (Å²) < 4.78 is 37.2. The van der Waals surface area contributed by atoms with E-state index in [-0.39, 0.29) is 17.5 Å². The summed E-state index contributed by atoms with van der Waals surface area (Å²) in [5.74, 6) is -0.346. The van der Waals surface area contributed by atoms with Gasteiger partial charge in [0.1, 0.15) is 0 Å². The first-order valence-electron chi connectivity index (χ1n) is 4.20. The topological polar surface area (TPSA) is 54.9 Å². The number of hydrogen-bond donors (Lipinski definition) is 1. The van der Waals surface area contributed by atoms with Crippen LogP contribution in [0.4, 0.5) is 18.3 Å². The number of hydrogen-bond acceptors (Lipinski definition) is 4. The fourth-order valence-corrected chi connectivity index (χ4v) is 1.81. The third-order valence-corrected chi connectivity index (χ3v) is 3.10. The Morgan fingerprint density at radius 1 is 1.44 bits per heavy atom. The summed E-state index contributed by atoms with van der Waals surface area (Å²) in [7, 11) is 0. The summed E-state index contributed by atoms with van der Waals surface area (Å²) in [5.41, 5.74) is 0. The van der Waals surface area contributed by atoms with Gasteiger partial charge in [0, 0.05) is 10.8 Å². The van der Waals surface area contributed by atoms with Crippen LogP contribution in [0.25, 0.3) is 0 Å². The van der Waals surface area contributed by atoms with Gasteiger partial charge in [-0.1, -0.05) is 33.9 Å². The van der Waals surface area contributed by atoms with E-state index in [1.54, 1.807) is 0 Å². The third kappa shape index (κ3) is 4.20. The van der Waals surface area contributed by atoms with E-state index in [0.29, 0.717) is 17.8 Å². The lowest BCUT2D eigenvalue weighted by Crippen LogP contribution is -2.10. The maximum Gasteiger partial charge on any atom is 0.445 e. The summed E-state index contributed by atoms with van der Waals surface area (Å²) in [4.78, 5) is 11.2. The van der Waals surface area contributed by atoms with Crippen molar-refractivity contribution in [2.45, 2.75) is 19.0 Å². The number of halogens is 4. The van der Waals surface area contributed by atoms with E-state index >= 15 is 0 Å². The van der Waals surface area contributed by atoms with Crippen LogP contribution in [0.3, 0.4) is 0 Å². The molecule has 0 unspecified atom stereocenters. The molecule has 0 aliphatic heterocycles. The van der Waals surface area contributed by atoms with Crippen molar-refractivity contribution in [3.05, 3.63) is 5.01 Å². The molecule has 0 fully saturated rings. The van der Waals surface area contributed by atoms with Gasteiger partial charge in [0.05, 0.1) is 0 Å². The van der Waals surface area contributed by atoms with Crippen molar-refractivity contribution in [3.63, 3.8) is 0 Å². The molecule has 0 saturated heterocycles. The minimum atomic E-state index is -4.51. The lowest BCUT2D eigenvalue weighted by Gasteiger charge is -1.99. The Morgan fingerprint density at radius 3 is 2.62 bits per heavy atom. The molecule has 0 spiro atoms. The highest BCUT2D eigenvalue weighted by atomic mass is 127. The zero-order chi connectivity index (χ0) is 12.2. The third-order valence-electron chi connectivity index (χ3n) is 1.45. The molecule has 0 aliphatic rings. The SMILES string of the molecule is O=C(CCCI)Nc1nnc(C(F)(F)F)s1. The molecule has 1 aromatic heterocycles. The van der Waals surface area contributed by atoms with Gasteiger partial charge in [-0.05, 0) is 6.42 Å². The second kappa shape index (κ2) is 5.75. The van der Waals surface area contributed by atoms with Crippen LogP contribution in [-0.2, 0) is 11.0 Å². The number of nitrogens with zero attached hydrogens (tertiary/aromatic N) is 2. The minimum Gasteiger partial charge on any atom is -0.301 e. The van der Waals surface area contributed by atoms with E-state index in [9.17, 15) is 18.0 Å². The molecule has 1 aromatic rings. The zero-order valence-electron chi connectivity index (χ0n) is 7.84. The fourth-order valence-electron chi connectivity index (χ4n) is 0.797. The molecule has 1 rings (SSSR count). The number of nitrogens with one attached hydrogen (secondary N) is 1. The summed E-state index contributed by atoms with van der Waals surface area (Å²) in [5, 5.41) is 7.29. The standard InChI is InChI=1S/C7H7F3IN3OS/c8-7(9,10)5-13-14-6(16-5)12-4(15)2-1-3-11/h1-3H2,(H,12,14,15). The van der Waals surface area contributed by atoms with Gasteiger partial charge >= 0.3 is 6.18 Å². The van der Waals surface area contributed by atoms with E-state index in [4.69, 9.17) is 0 Å². The minimum absolute atomic E-state index is 0.120. The highest BCUT2D eigenvalue weighted by Gasteiger charge is 2.35. The summed E-state index contributed by atoms with van der Waals surface area (Å²) in [6, 6.07) is 0. The highest BCUT2D eigenvalue weighted by molar-refractivity contribution is 14.1. The summed E-state index contributed by atoms with van der Waals surface area (Å²) in [6.07, 6.45) is -3.57. The lowest BCUT2D eigenvalue weighted by molar-refractivity contribution is -0.138. The Bertz CT molecular complexity index is 368. The van der Waals surface area contributed by atoms with Gasteiger partial charge < -0.3 is 5.32 Å². The summed E-state index contributed by atoms with van der Waals surface area (Å²) in [6.45, 7) is 0. The van der Waals surface area contributed by atoms with E-state index in [1.807, 2.05) is 0 Å². The van der Waals surface area contributed by atoms with Crippen LogP contribution in [0.15, 0.2) is 0 Å². The predicted octanol–water partition coefficient (Wildman–Crippen LogP) is 2.71. The Balaban J connectivity index is 2.56.